The lowest BCUT2D eigenvalue weighted by atomic mass is 9.89. The number of methoxy groups -OCH3 is 2. The van der Waals surface area contributed by atoms with Crippen LogP contribution in [0.2, 0.25) is 0 Å². The Morgan fingerprint density at radius 2 is 1.50 bits per heavy atom. The normalized spacial score (nSPS) is 18.7. The molecular weight excluding hydrogens is 402 g/mol. The average molecular weight is 432 g/mol. The third-order valence-electron chi connectivity index (χ3n) is 6.06. The monoisotopic (exact) mass is 431 g/mol. The largest absolute Gasteiger partial charge is 0.496 e. The van der Waals surface area contributed by atoms with Gasteiger partial charge in [0.05, 0.1) is 25.8 Å². The molecule has 5 heteroatoms. The van der Waals surface area contributed by atoms with E-state index in [1.165, 1.54) is 0 Å². The van der Waals surface area contributed by atoms with Crippen LogP contribution in [0.4, 0.5) is 0 Å². The highest BCUT2D eigenvalue weighted by Gasteiger charge is 2.35. The zero-order valence-corrected chi connectivity index (χ0v) is 18.6. The number of rotatable bonds is 8. The molecule has 166 valence electrons. The second-order valence-corrected chi connectivity index (χ2v) is 7.92. The van der Waals surface area contributed by atoms with E-state index in [0.717, 1.165) is 59.7 Å². The van der Waals surface area contributed by atoms with E-state index in [4.69, 9.17) is 14.2 Å². The molecule has 0 N–H and O–H groups in total. The maximum atomic E-state index is 12.1. The SMILES string of the molecule is COc1cccc(OC)c1C1CCCC(C=O)N1Cc1ccccc1Oc1ccccc1. The molecule has 0 saturated carbocycles. The first-order chi connectivity index (χ1) is 15.7. The Kier molecular flexibility index (Phi) is 7.07. The molecule has 1 fully saturated rings. The van der Waals surface area contributed by atoms with Gasteiger partial charge in [-0.2, -0.15) is 0 Å². The first kappa shape index (κ1) is 21.9. The van der Waals surface area contributed by atoms with Crippen molar-refractivity contribution in [2.75, 3.05) is 14.2 Å². The van der Waals surface area contributed by atoms with Crippen LogP contribution in [0.1, 0.15) is 36.4 Å². The number of ether oxygens (including phenoxy) is 3. The number of piperidine rings is 1. The molecule has 5 nitrogen and oxygen atoms in total. The number of carbonyl (C=O) groups is 1. The molecule has 3 aromatic carbocycles. The van der Waals surface area contributed by atoms with Gasteiger partial charge in [-0.25, -0.2) is 0 Å². The van der Waals surface area contributed by atoms with Crippen molar-refractivity contribution in [1.82, 2.24) is 4.90 Å². The molecule has 1 aliphatic heterocycles. The summed E-state index contributed by atoms with van der Waals surface area (Å²) in [5.41, 5.74) is 2.02. The van der Waals surface area contributed by atoms with Gasteiger partial charge in [0, 0.05) is 18.2 Å². The third-order valence-corrected chi connectivity index (χ3v) is 6.06. The summed E-state index contributed by atoms with van der Waals surface area (Å²) in [5, 5.41) is 0. The molecule has 2 unspecified atom stereocenters. The van der Waals surface area contributed by atoms with E-state index in [1.54, 1.807) is 14.2 Å². The van der Waals surface area contributed by atoms with Crippen molar-refractivity contribution in [1.29, 1.82) is 0 Å². The maximum absolute atomic E-state index is 12.1. The minimum atomic E-state index is -0.187. The molecule has 4 rings (SSSR count). The van der Waals surface area contributed by atoms with Gasteiger partial charge >= 0.3 is 0 Å². The highest BCUT2D eigenvalue weighted by atomic mass is 16.5. The van der Waals surface area contributed by atoms with Gasteiger partial charge in [-0.05, 0) is 49.6 Å². The summed E-state index contributed by atoms with van der Waals surface area (Å²) in [7, 11) is 3.34. The zero-order chi connectivity index (χ0) is 22.3. The molecule has 0 spiro atoms. The third kappa shape index (κ3) is 4.63. The van der Waals surface area contributed by atoms with Gasteiger partial charge in [-0.1, -0.05) is 42.5 Å². The van der Waals surface area contributed by atoms with E-state index in [-0.39, 0.29) is 12.1 Å². The van der Waals surface area contributed by atoms with Crippen molar-refractivity contribution in [3.05, 3.63) is 83.9 Å². The molecule has 3 aromatic rings. The van der Waals surface area contributed by atoms with Crippen LogP contribution in [-0.2, 0) is 11.3 Å². The number of carbonyl (C=O) groups excluding carboxylic acids is 1. The molecular formula is C27H29NO4. The van der Waals surface area contributed by atoms with E-state index in [1.807, 2.05) is 66.7 Å². The molecule has 0 aromatic heterocycles. The zero-order valence-electron chi connectivity index (χ0n) is 18.6. The first-order valence-corrected chi connectivity index (χ1v) is 11.0. The Balaban J connectivity index is 1.70. The summed E-state index contributed by atoms with van der Waals surface area (Å²) in [5.74, 6) is 3.13. The van der Waals surface area contributed by atoms with Crippen LogP contribution in [-0.4, -0.2) is 31.4 Å². The van der Waals surface area contributed by atoms with Crippen molar-refractivity contribution >= 4 is 6.29 Å². The molecule has 32 heavy (non-hydrogen) atoms. The number of likely N-dealkylation sites (tertiary alicyclic amines) is 1. The van der Waals surface area contributed by atoms with Gasteiger partial charge in [-0.15, -0.1) is 0 Å². The van der Waals surface area contributed by atoms with Gasteiger partial charge < -0.3 is 19.0 Å². The average Bonchev–Trinajstić information content (AvgIpc) is 2.85. The molecule has 0 bridgehead atoms. The van der Waals surface area contributed by atoms with Crippen molar-refractivity contribution in [2.45, 2.75) is 37.9 Å². The number of benzene rings is 3. The number of aldehydes is 1. The van der Waals surface area contributed by atoms with Crippen LogP contribution in [0, 0.1) is 0 Å². The summed E-state index contributed by atoms with van der Waals surface area (Å²) in [4.78, 5) is 14.3. The second kappa shape index (κ2) is 10.3. The van der Waals surface area contributed by atoms with Crippen LogP contribution >= 0.6 is 0 Å². The van der Waals surface area contributed by atoms with Crippen molar-refractivity contribution in [3.63, 3.8) is 0 Å². The van der Waals surface area contributed by atoms with E-state index >= 15 is 0 Å². The van der Waals surface area contributed by atoms with Gasteiger partial charge in [0.1, 0.15) is 29.3 Å². The Hall–Kier alpha value is -3.31. The van der Waals surface area contributed by atoms with Crippen LogP contribution < -0.4 is 14.2 Å². The summed E-state index contributed by atoms with van der Waals surface area (Å²) >= 11 is 0. The lowest BCUT2D eigenvalue weighted by Crippen LogP contribution is -2.42. The van der Waals surface area contributed by atoms with Gasteiger partial charge in [0.25, 0.3) is 0 Å². The predicted molar refractivity (Wildman–Crippen MR) is 124 cm³/mol. The number of nitrogens with zero attached hydrogens (tertiary/aromatic N) is 1. The summed E-state index contributed by atoms with van der Waals surface area (Å²) < 4.78 is 17.6. The maximum Gasteiger partial charge on any atom is 0.137 e. The molecule has 0 radical (unpaired) electrons. The Morgan fingerprint density at radius 3 is 2.19 bits per heavy atom. The van der Waals surface area contributed by atoms with Crippen molar-refractivity contribution in [3.8, 4) is 23.0 Å². The standard InChI is InChI=1S/C27H29NO4/c1-30-25-16-9-17-26(31-2)27(25)23-14-8-11-21(19-29)28(23)18-20-10-6-7-15-24(20)32-22-12-4-3-5-13-22/h3-7,9-10,12-13,15-17,19,21,23H,8,11,14,18H2,1-2H3. The number of hydrogen-bond acceptors (Lipinski definition) is 5. The summed E-state index contributed by atoms with van der Waals surface area (Å²) in [6.45, 7) is 0.582. The van der Waals surface area contributed by atoms with Crippen LogP contribution in [0.5, 0.6) is 23.0 Å². The van der Waals surface area contributed by atoms with Gasteiger partial charge in [-0.3, -0.25) is 4.90 Å². The summed E-state index contributed by atoms with van der Waals surface area (Å²) in [6.07, 6.45) is 3.78. The van der Waals surface area contributed by atoms with Crippen LogP contribution in [0.25, 0.3) is 0 Å². The minimum absolute atomic E-state index is 0.00479. The molecule has 1 saturated heterocycles. The quantitative estimate of drug-likeness (QED) is 0.423. The Morgan fingerprint density at radius 1 is 0.844 bits per heavy atom. The van der Waals surface area contributed by atoms with E-state index < -0.39 is 0 Å². The highest BCUT2D eigenvalue weighted by molar-refractivity contribution is 5.59. The second-order valence-electron chi connectivity index (χ2n) is 7.92. The fourth-order valence-electron chi connectivity index (χ4n) is 4.52. The highest BCUT2D eigenvalue weighted by Crippen LogP contribution is 2.44. The Bertz CT molecular complexity index is 1010. The number of para-hydroxylation sites is 2. The van der Waals surface area contributed by atoms with E-state index in [0.29, 0.717) is 6.54 Å². The molecule has 1 aliphatic rings. The van der Waals surface area contributed by atoms with Crippen LogP contribution in [0.15, 0.2) is 72.8 Å². The predicted octanol–water partition coefficient (Wildman–Crippen LogP) is 5.79. The fourth-order valence-corrected chi connectivity index (χ4v) is 4.52. The van der Waals surface area contributed by atoms with Gasteiger partial charge in [0.2, 0.25) is 0 Å². The number of hydrogen-bond donors (Lipinski definition) is 0. The van der Waals surface area contributed by atoms with Gasteiger partial charge in [0.15, 0.2) is 0 Å². The van der Waals surface area contributed by atoms with E-state index in [2.05, 4.69) is 11.0 Å². The minimum Gasteiger partial charge on any atom is -0.496 e. The van der Waals surface area contributed by atoms with E-state index in [9.17, 15) is 4.79 Å². The fraction of sp³-hybridized carbons (Fsp3) is 0.296. The van der Waals surface area contributed by atoms with Crippen molar-refractivity contribution in [2.24, 2.45) is 0 Å². The molecule has 1 heterocycles. The molecule has 0 aliphatic carbocycles. The van der Waals surface area contributed by atoms with Crippen molar-refractivity contribution < 1.29 is 19.0 Å². The molecule has 0 amide bonds. The smallest absolute Gasteiger partial charge is 0.137 e. The summed E-state index contributed by atoms with van der Waals surface area (Å²) in [6, 6.07) is 23.4. The topological polar surface area (TPSA) is 48.0 Å². The first-order valence-electron chi connectivity index (χ1n) is 11.0. The Labute approximate surface area is 189 Å². The lowest BCUT2D eigenvalue weighted by molar-refractivity contribution is -0.115. The van der Waals surface area contributed by atoms with Crippen LogP contribution in [0.3, 0.4) is 0 Å². The lowest BCUT2D eigenvalue weighted by Gasteiger charge is -2.41. The molecule has 2 atom stereocenters.